The van der Waals surface area contributed by atoms with Crippen LogP contribution in [0.25, 0.3) is 11.4 Å². The molecule has 2 fully saturated rings. The zero-order valence-corrected chi connectivity index (χ0v) is 11.8. The van der Waals surface area contributed by atoms with Gasteiger partial charge in [0, 0.05) is 5.56 Å². The molecule has 0 aliphatic heterocycles. The molecule has 1 aromatic carbocycles. The van der Waals surface area contributed by atoms with Crippen LogP contribution < -0.4 is 5.73 Å². The van der Waals surface area contributed by atoms with Crippen LogP contribution in [-0.2, 0) is 6.54 Å². The van der Waals surface area contributed by atoms with Crippen LogP contribution in [0.2, 0.25) is 5.02 Å². The summed E-state index contributed by atoms with van der Waals surface area (Å²) in [7, 11) is 0. The highest BCUT2D eigenvalue weighted by Gasteiger charge is 2.54. The predicted molar refractivity (Wildman–Crippen MR) is 77.1 cm³/mol. The second kappa shape index (κ2) is 4.19. The Morgan fingerprint density at radius 2 is 2.15 bits per heavy atom. The molecule has 2 aliphatic carbocycles. The maximum atomic E-state index is 6.28. The Morgan fingerprint density at radius 3 is 2.85 bits per heavy atom. The molecule has 5 nitrogen and oxygen atoms in total. The molecule has 2 saturated carbocycles. The van der Waals surface area contributed by atoms with Crippen LogP contribution in [0.1, 0.15) is 25.7 Å². The molecule has 20 heavy (non-hydrogen) atoms. The molecule has 0 saturated heterocycles. The molecular formula is C14H16ClN5. The van der Waals surface area contributed by atoms with Gasteiger partial charge in [0.15, 0.2) is 5.82 Å². The molecule has 0 radical (unpaired) electrons. The van der Waals surface area contributed by atoms with Gasteiger partial charge in [-0.1, -0.05) is 17.7 Å². The molecule has 1 heterocycles. The number of rotatable bonds is 4. The summed E-state index contributed by atoms with van der Waals surface area (Å²) in [5, 5.41) is 12.6. The van der Waals surface area contributed by atoms with Gasteiger partial charge in [-0.05, 0) is 59.6 Å². The second-order valence-corrected chi connectivity index (χ2v) is 6.38. The summed E-state index contributed by atoms with van der Waals surface area (Å²) in [5.74, 6) is 1.59. The number of tetrazole rings is 1. The minimum Gasteiger partial charge on any atom is -0.398 e. The molecule has 0 amide bonds. The number of nitrogen functional groups attached to an aromatic ring is 1. The van der Waals surface area contributed by atoms with Crippen LogP contribution in [0.4, 0.5) is 5.69 Å². The molecule has 0 bridgehead atoms. The first-order valence-electron chi connectivity index (χ1n) is 7.00. The number of benzene rings is 1. The van der Waals surface area contributed by atoms with E-state index in [9.17, 15) is 0 Å². The highest BCUT2D eigenvalue weighted by molar-refractivity contribution is 6.35. The van der Waals surface area contributed by atoms with Crippen molar-refractivity contribution in [3.8, 4) is 11.4 Å². The lowest BCUT2D eigenvalue weighted by molar-refractivity contribution is 0.348. The first kappa shape index (κ1) is 12.1. The fraction of sp³-hybridized carbons (Fsp3) is 0.500. The summed E-state index contributed by atoms with van der Waals surface area (Å²) in [6, 6.07) is 5.58. The van der Waals surface area contributed by atoms with Crippen LogP contribution in [0.5, 0.6) is 0 Å². The molecule has 4 rings (SSSR count). The average Bonchev–Trinajstić information content (AvgIpc) is 3.32. The van der Waals surface area contributed by atoms with Gasteiger partial charge >= 0.3 is 0 Å². The van der Waals surface area contributed by atoms with Gasteiger partial charge in [-0.3, -0.25) is 0 Å². The van der Waals surface area contributed by atoms with Crippen LogP contribution in [-0.4, -0.2) is 20.2 Å². The number of anilines is 1. The van der Waals surface area contributed by atoms with E-state index in [1.54, 1.807) is 6.07 Å². The lowest BCUT2D eigenvalue weighted by atomic mass is 10.0. The topological polar surface area (TPSA) is 69.6 Å². The van der Waals surface area contributed by atoms with Crippen molar-refractivity contribution in [1.29, 1.82) is 0 Å². The van der Waals surface area contributed by atoms with Crippen molar-refractivity contribution >= 4 is 17.3 Å². The molecular weight excluding hydrogens is 274 g/mol. The monoisotopic (exact) mass is 289 g/mol. The summed E-state index contributed by atoms with van der Waals surface area (Å²) in [4.78, 5) is 0. The molecule has 6 heteroatoms. The number of nitrogens with zero attached hydrogens (tertiary/aromatic N) is 4. The van der Waals surface area contributed by atoms with Gasteiger partial charge in [-0.25, -0.2) is 4.68 Å². The van der Waals surface area contributed by atoms with Crippen molar-refractivity contribution in [2.45, 2.75) is 32.2 Å². The largest absolute Gasteiger partial charge is 0.398 e. The van der Waals surface area contributed by atoms with Crippen molar-refractivity contribution in [3.05, 3.63) is 23.2 Å². The first-order chi connectivity index (χ1) is 9.70. The number of hydrogen-bond donors (Lipinski definition) is 1. The molecule has 2 aromatic rings. The lowest BCUT2D eigenvalue weighted by Gasteiger charge is -2.15. The Kier molecular flexibility index (Phi) is 2.54. The Balaban J connectivity index is 1.69. The van der Waals surface area contributed by atoms with Crippen LogP contribution in [0, 0.1) is 11.3 Å². The van der Waals surface area contributed by atoms with Gasteiger partial charge in [0.05, 0.1) is 17.3 Å². The highest BCUT2D eigenvalue weighted by atomic mass is 35.5. The van der Waals surface area contributed by atoms with E-state index >= 15 is 0 Å². The van der Waals surface area contributed by atoms with Gasteiger partial charge in [-0.2, -0.15) is 0 Å². The SMILES string of the molecule is Nc1cccc(-c2nnnn2CC2(C3CC3)CC2)c1Cl. The van der Waals surface area contributed by atoms with E-state index < -0.39 is 0 Å². The Hall–Kier alpha value is -1.62. The summed E-state index contributed by atoms with van der Waals surface area (Å²) in [6.45, 7) is 0.894. The highest BCUT2D eigenvalue weighted by Crippen LogP contribution is 2.62. The quantitative estimate of drug-likeness (QED) is 0.879. The summed E-state index contributed by atoms with van der Waals surface area (Å²) in [5.41, 5.74) is 7.67. The van der Waals surface area contributed by atoms with Crippen molar-refractivity contribution in [1.82, 2.24) is 20.2 Å². The van der Waals surface area contributed by atoms with Crippen molar-refractivity contribution < 1.29 is 0 Å². The predicted octanol–water partition coefficient (Wildman–Crippen LogP) is 2.77. The maximum Gasteiger partial charge on any atom is 0.183 e. The fourth-order valence-electron chi connectivity index (χ4n) is 3.08. The summed E-state index contributed by atoms with van der Waals surface area (Å²) < 4.78 is 1.89. The molecule has 104 valence electrons. The van der Waals surface area contributed by atoms with Gasteiger partial charge in [0.25, 0.3) is 0 Å². The maximum absolute atomic E-state index is 6.28. The minimum atomic E-state index is 0.441. The van der Waals surface area contributed by atoms with Crippen molar-refractivity contribution in [2.24, 2.45) is 11.3 Å². The van der Waals surface area contributed by atoms with E-state index in [4.69, 9.17) is 17.3 Å². The third kappa shape index (κ3) is 1.88. The van der Waals surface area contributed by atoms with Gasteiger partial charge in [-0.15, -0.1) is 5.10 Å². The van der Waals surface area contributed by atoms with Crippen molar-refractivity contribution in [3.63, 3.8) is 0 Å². The molecule has 0 unspecified atom stereocenters. The summed E-state index contributed by atoms with van der Waals surface area (Å²) in [6.07, 6.45) is 5.30. The van der Waals surface area contributed by atoms with E-state index in [1.165, 1.54) is 25.7 Å². The summed E-state index contributed by atoms with van der Waals surface area (Å²) >= 11 is 6.28. The Labute approximate surface area is 122 Å². The van der Waals surface area contributed by atoms with E-state index in [-0.39, 0.29) is 0 Å². The van der Waals surface area contributed by atoms with E-state index in [0.29, 0.717) is 21.9 Å². The van der Waals surface area contributed by atoms with Crippen molar-refractivity contribution in [2.75, 3.05) is 5.73 Å². The van der Waals surface area contributed by atoms with E-state index in [0.717, 1.165) is 18.0 Å². The van der Waals surface area contributed by atoms with E-state index in [2.05, 4.69) is 15.5 Å². The third-order valence-electron chi connectivity index (χ3n) is 4.60. The van der Waals surface area contributed by atoms with Crippen LogP contribution in [0.3, 0.4) is 0 Å². The smallest absolute Gasteiger partial charge is 0.183 e. The standard InChI is InChI=1S/C14H16ClN5/c15-12-10(2-1-3-11(12)16)13-17-18-19-20(13)8-14(6-7-14)9-4-5-9/h1-3,9H,4-8,16H2. The lowest BCUT2D eigenvalue weighted by Crippen LogP contribution is -2.16. The first-order valence-corrected chi connectivity index (χ1v) is 7.38. The van der Waals surface area contributed by atoms with Crippen LogP contribution >= 0.6 is 11.6 Å². The van der Waals surface area contributed by atoms with Crippen LogP contribution in [0.15, 0.2) is 18.2 Å². The molecule has 2 N–H and O–H groups in total. The molecule has 1 aromatic heterocycles. The van der Waals surface area contributed by atoms with Gasteiger partial charge < -0.3 is 5.73 Å². The average molecular weight is 290 g/mol. The van der Waals surface area contributed by atoms with Gasteiger partial charge in [0.1, 0.15) is 0 Å². The third-order valence-corrected chi connectivity index (χ3v) is 5.02. The van der Waals surface area contributed by atoms with Gasteiger partial charge in [0.2, 0.25) is 0 Å². The minimum absolute atomic E-state index is 0.441. The van der Waals surface area contributed by atoms with E-state index in [1.807, 2.05) is 16.8 Å². The molecule has 0 spiro atoms. The number of halogens is 1. The zero-order chi connectivity index (χ0) is 13.7. The normalized spacial score (nSPS) is 20.1. The zero-order valence-electron chi connectivity index (χ0n) is 11.1. The second-order valence-electron chi connectivity index (χ2n) is 6.01. The molecule has 2 aliphatic rings. The Bertz CT molecular complexity index is 657. The molecule has 0 atom stereocenters. The number of nitrogens with two attached hydrogens (primary N) is 1. The Morgan fingerprint density at radius 1 is 1.35 bits per heavy atom. The number of hydrogen-bond acceptors (Lipinski definition) is 4. The number of aromatic nitrogens is 4. The fourth-order valence-corrected chi connectivity index (χ4v) is 3.29.